The number of hydrogen-bond donors (Lipinski definition) is 3. The maximum Gasteiger partial charge on any atom is 0.225 e. The van der Waals surface area contributed by atoms with Crippen LogP contribution in [-0.2, 0) is 4.74 Å². The normalized spacial score (nSPS) is 28.0. The number of nitrogens with two attached hydrogens (primary N) is 1. The molecule has 0 amide bonds. The van der Waals surface area contributed by atoms with Crippen LogP contribution in [0.3, 0.4) is 0 Å². The SMILES string of the molecule is Nc1cnc(NC2CCC(O)CC2)nc1N=C1CCOC1. The van der Waals surface area contributed by atoms with E-state index in [1.165, 1.54) is 0 Å². The summed E-state index contributed by atoms with van der Waals surface area (Å²) in [6.45, 7) is 1.26. The van der Waals surface area contributed by atoms with Gasteiger partial charge in [-0.1, -0.05) is 0 Å². The van der Waals surface area contributed by atoms with Gasteiger partial charge in [0.05, 0.1) is 31.2 Å². The first-order valence-electron chi connectivity index (χ1n) is 7.42. The molecular weight excluding hydrogens is 270 g/mol. The Morgan fingerprint density at radius 2 is 2.14 bits per heavy atom. The second-order valence-corrected chi connectivity index (χ2v) is 5.60. The summed E-state index contributed by atoms with van der Waals surface area (Å²) in [6, 6.07) is 0.298. The molecule has 1 saturated carbocycles. The second-order valence-electron chi connectivity index (χ2n) is 5.60. The van der Waals surface area contributed by atoms with Gasteiger partial charge in [-0.25, -0.2) is 9.98 Å². The second kappa shape index (κ2) is 6.36. The first kappa shape index (κ1) is 14.2. The number of aliphatic hydroxyl groups excluding tert-OH is 1. The number of aliphatic imine (C=N–C) groups is 1. The van der Waals surface area contributed by atoms with Gasteiger partial charge in [-0.05, 0) is 25.7 Å². The molecule has 0 radical (unpaired) electrons. The van der Waals surface area contributed by atoms with Crippen LogP contribution in [0.5, 0.6) is 0 Å². The smallest absolute Gasteiger partial charge is 0.225 e. The van der Waals surface area contributed by atoms with Crippen LogP contribution < -0.4 is 11.1 Å². The van der Waals surface area contributed by atoms with Crippen molar-refractivity contribution in [2.45, 2.75) is 44.2 Å². The summed E-state index contributed by atoms with van der Waals surface area (Å²) in [4.78, 5) is 13.1. The molecule has 0 aromatic carbocycles. The lowest BCUT2D eigenvalue weighted by atomic mass is 9.93. The maximum absolute atomic E-state index is 9.53. The number of nitrogens with one attached hydrogen (secondary N) is 1. The number of ether oxygens (including phenoxy) is 1. The summed E-state index contributed by atoms with van der Waals surface area (Å²) in [5.41, 5.74) is 7.32. The molecule has 4 N–H and O–H groups in total. The maximum atomic E-state index is 9.53. The van der Waals surface area contributed by atoms with Crippen LogP contribution in [0.15, 0.2) is 11.2 Å². The van der Waals surface area contributed by atoms with Crippen molar-refractivity contribution in [3.8, 4) is 0 Å². The van der Waals surface area contributed by atoms with Crippen molar-refractivity contribution in [3.63, 3.8) is 0 Å². The number of nitrogens with zero attached hydrogens (tertiary/aromatic N) is 3. The van der Waals surface area contributed by atoms with Crippen LogP contribution >= 0.6 is 0 Å². The molecule has 7 heteroatoms. The number of anilines is 2. The number of nitrogen functional groups attached to an aromatic ring is 1. The van der Waals surface area contributed by atoms with E-state index in [2.05, 4.69) is 20.3 Å². The van der Waals surface area contributed by atoms with E-state index in [4.69, 9.17) is 10.5 Å². The monoisotopic (exact) mass is 291 g/mol. The van der Waals surface area contributed by atoms with Gasteiger partial charge in [-0.3, -0.25) is 0 Å². The van der Waals surface area contributed by atoms with Gasteiger partial charge in [0.15, 0.2) is 5.82 Å². The quantitative estimate of drug-likeness (QED) is 0.774. The first-order valence-corrected chi connectivity index (χ1v) is 7.42. The minimum absolute atomic E-state index is 0.167. The molecule has 0 spiro atoms. The molecule has 21 heavy (non-hydrogen) atoms. The van der Waals surface area contributed by atoms with Gasteiger partial charge in [0.25, 0.3) is 0 Å². The Kier molecular flexibility index (Phi) is 4.31. The molecule has 1 aromatic rings. The molecule has 0 unspecified atom stereocenters. The van der Waals surface area contributed by atoms with E-state index in [1.54, 1.807) is 6.20 Å². The topological polar surface area (TPSA) is 106 Å². The molecule has 7 nitrogen and oxygen atoms in total. The number of rotatable bonds is 3. The van der Waals surface area contributed by atoms with Crippen molar-refractivity contribution in [2.75, 3.05) is 24.3 Å². The Morgan fingerprint density at radius 3 is 2.86 bits per heavy atom. The van der Waals surface area contributed by atoms with Crippen LogP contribution in [0.1, 0.15) is 32.1 Å². The van der Waals surface area contributed by atoms with Crippen LogP contribution in [0.2, 0.25) is 0 Å². The molecule has 0 bridgehead atoms. The summed E-state index contributed by atoms with van der Waals surface area (Å²) >= 11 is 0. The summed E-state index contributed by atoms with van der Waals surface area (Å²) in [6.07, 6.45) is 5.73. The van der Waals surface area contributed by atoms with Crippen molar-refractivity contribution in [2.24, 2.45) is 4.99 Å². The first-order chi connectivity index (χ1) is 10.2. The third-order valence-corrected chi connectivity index (χ3v) is 3.89. The molecule has 2 fully saturated rings. The molecular formula is C14H21N5O2. The summed E-state index contributed by atoms with van der Waals surface area (Å²) in [7, 11) is 0. The van der Waals surface area contributed by atoms with Gasteiger partial charge in [-0.2, -0.15) is 4.98 Å². The third-order valence-electron chi connectivity index (χ3n) is 3.89. The highest BCUT2D eigenvalue weighted by Crippen LogP contribution is 2.24. The highest BCUT2D eigenvalue weighted by Gasteiger charge is 2.20. The van der Waals surface area contributed by atoms with E-state index in [0.29, 0.717) is 36.7 Å². The van der Waals surface area contributed by atoms with Crippen molar-refractivity contribution >= 4 is 23.2 Å². The lowest BCUT2D eigenvalue weighted by Gasteiger charge is -2.26. The van der Waals surface area contributed by atoms with Gasteiger partial charge in [0.1, 0.15) is 0 Å². The minimum Gasteiger partial charge on any atom is -0.394 e. The molecule has 3 rings (SSSR count). The van der Waals surface area contributed by atoms with Crippen molar-refractivity contribution in [1.29, 1.82) is 0 Å². The van der Waals surface area contributed by atoms with Crippen molar-refractivity contribution in [1.82, 2.24) is 9.97 Å². The minimum atomic E-state index is -0.167. The average molecular weight is 291 g/mol. The Bertz CT molecular complexity index is 518. The molecule has 1 aliphatic carbocycles. The van der Waals surface area contributed by atoms with E-state index < -0.39 is 0 Å². The predicted molar refractivity (Wildman–Crippen MR) is 80.9 cm³/mol. The number of aromatic nitrogens is 2. The highest BCUT2D eigenvalue weighted by atomic mass is 16.5. The zero-order valence-corrected chi connectivity index (χ0v) is 12.0. The number of aliphatic hydroxyl groups is 1. The Labute approximate surface area is 123 Å². The zero-order chi connectivity index (χ0) is 14.7. The van der Waals surface area contributed by atoms with E-state index >= 15 is 0 Å². The highest BCUT2D eigenvalue weighted by molar-refractivity contribution is 5.90. The van der Waals surface area contributed by atoms with Gasteiger partial charge in [-0.15, -0.1) is 0 Å². The van der Waals surface area contributed by atoms with Crippen LogP contribution in [0.25, 0.3) is 0 Å². The molecule has 0 atom stereocenters. The van der Waals surface area contributed by atoms with Crippen LogP contribution in [-0.4, -0.2) is 46.1 Å². The molecule has 1 aromatic heterocycles. The molecule has 2 heterocycles. The van der Waals surface area contributed by atoms with Gasteiger partial charge in [0, 0.05) is 18.2 Å². The zero-order valence-electron chi connectivity index (χ0n) is 12.0. The van der Waals surface area contributed by atoms with E-state index in [9.17, 15) is 5.11 Å². The standard InChI is InChI=1S/C14H21N5O2/c15-12-7-16-14(18-9-1-3-11(20)4-2-9)19-13(12)17-10-5-6-21-8-10/h7,9,11,20H,1-6,8,15H2,(H,16,18,19). The van der Waals surface area contributed by atoms with Crippen molar-refractivity contribution in [3.05, 3.63) is 6.20 Å². The molecule has 1 saturated heterocycles. The fraction of sp³-hybridized carbons (Fsp3) is 0.643. The van der Waals surface area contributed by atoms with Gasteiger partial charge < -0.3 is 20.9 Å². The molecule has 2 aliphatic rings. The molecule has 114 valence electrons. The largest absolute Gasteiger partial charge is 0.394 e. The van der Waals surface area contributed by atoms with Crippen molar-refractivity contribution < 1.29 is 9.84 Å². The predicted octanol–water partition coefficient (Wildman–Crippen LogP) is 1.27. The summed E-state index contributed by atoms with van der Waals surface area (Å²) < 4.78 is 5.28. The van der Waals surface area contributed by atoms with E-state index in [1.807, 2.05) is 0 Å². The third kappa shape index (κ3) is 3.68. The van der Waals surface area contributed by atoms with Crippen LogP contribution in [0, 0.1) is 0 Å². The number of hydrogen-bond acceptors (Lipinski definition) is 7. The fourth-order valence-electron chi connectivity index (χ4n) is 2.63. The Morgan fingerprint density at radius 1 is 1.33 bits per heavy atom. The summed E-state index contributed by atoms with van der Waals surface area (Å²) in [5.74, 6) is 1.05. The van der Waals surface area contributed by atoms with E-state index in [-0.39, 0.29) is 6.10 Å². The molecule has 1 aliphatic heterocycles. The van der Waals surface area contributed by atoms with Crippen LogP contribution in [0.4, 0.5) is 17.5 Å². The lowest BCUT2D eigenvalue weighted by Crippen LogP contribution is -2.28. The average Bonchev–Trinajstić information content (AvgIpc) is 2.98. The lowest BCUT2D eigenvalue weighted by molar-refractivity contribution is 0.126. The Balaban J connectivity index is 1.70. The van der Waals surface area contributed by atoms with Gasteiger partial charge >= 0.3 is 0 Å². The van der Waals surface area contributed by atoms with Gasteiger partial charge in [0.2, 0.25) is 5.95 Å². The Hall–Kier alpha value is -1.73. The summed E-state index contributed by atoms with van der Waals surface area (Å²) in [5, 5.41) is 12.8. The van der Waals surface area contributed by atoms with E-state index in [0.717, 1.165) is 37.8 Å². The fourth-order valence-corrected chi connectivity index (χ4v) is 2.63.